The summed E-state index contributed by atoms with van der Waals surface area (Å²) in [7, 11) is 2.15. The van der Waals surface area contributed by atoms with Crippen molar-refractivity contribution < 1.29 is 4.79 Å². The van der Waals surface area contributed by atoms with Crippen LogP contribution in [0.1, 0.15) is 24.3 Å². The predicted molar refractivity (Wildman–Crippen MR) is 99.9 cm³/mol. The number of rotatable bonds is 4. The van der Waals surface area contributed by atoms with Crippen LogP contribution in [0, 0.1) is 5.92 Å². The SMILES string of the molecule is CC(C)C1CN(C)CCN1c1ccc(C(=O)Nc2ccccc2)nn1. The van der Waals surface area contributed by atoms with Crippen molar-refractivity contribution >= 4 is 17.4 Å². The second kappa shape index (κ2) is 7.61. The highest BCUT2D eigenvalue weighted by Gasteiger charge is 2.28. The van der Waals surface area contributed by atoms with Crippen LogP contribution in [-0.2, 0) is 0 Å². The fourth-order valence-corrected chi connectivity index (χ4v) is 3.12. The van der Waals surface area contributed by atoms with Crippen LogP contribution >= 0.6 is 0 Å². The second-order valence-corrected chi connectivity index (χ2v) is 6.86. The molecule has 0 bridgehead atoms. The number of para-hydroxylation sites is 1. The Morgan fingerprint density at radius 3 is 2.52 bits per heavy atom. The number of hydrogen-bond donors (Lipinski definition) is 1. The van der Waals surface area contributed by atoms with Crippen LogP contribution in [0.5, 0.6) is 0 Å². The molecule has 132 valence electrons. The number of amides is 1. The Kier molecular flexibility index (Phi) is 5.28. The second-order valence-electron chi connectivity index (χ2n) is 6.86. The highest BCUT2D eigenvalue weighted by molar-refractivity contribution is 6.02. The zero-order chi connectivity index (χ0) is 17.8. The van der Waals surface area contributed by atoms with Gasteiger partial charge in [0.25, 0.3) is 5.91 Å². The summed E-state index contributed by atoms with van der Waals surface area (Å²) in [5.41, 5.74) is 1.07. The Hall–Kier alpha value is -2.47. The molecule has 1 aromatic heterocycles. The maximum absolute atomic E-state index is 12.3. The summed E-state index contributed by atoms with van der Waals surface area (Å²) in [6, 6.07) is 13.4. The van der Waals surface area contributed by atoms with E-state index < -0.39 is 0 Å². The Bertz CT molecular complexity index is 702. The molecule has 1 aliphatic rings. The number of anilines is 2. The van der Waals surface area contributed by atoms with E-state index in [2.05, 4.69) is 46.2 Å². The van der Waals surface area contributed by atoms with Crippen molar-refractivity contribution in [3.63, 3.8) is 0 Å². The third-order valence-corrected chi connectivity index (χ3v) is 4.60. The molecule has 1 saturated heterocycles. The quantitative estimate of drug-likeness (QED) is 0.927. The minimum absolute atomic E-state index is 0.246. The molecular weight excluding hydrogens is 314 g/mol. The number of benzene rings is 1. The van der Waals surface area contributed by atoms with Gasteiger partial charge < -0.3 is 15.1 Å². The molecule has 0 saturated carbocycles. The largest absolute Gasteiger partial charge is 0.349 e. The van der Waals surface area contributed by atoms with Crippen LogP contribution in [0.25, 0.3) is 0 Å². The minimum Gasteiger partial charge on any atom is -0.349 e. The summed E-state index contributed by atoms with van der Waals surface area (Å²) in [6.07, 6.45) is 0. The van der Waals surface area contributed by atoms with Crippen molar-refractivity contribution in [3.05, 3.63) is 48.2 Å². The lowest BCUT2D eigenvalue weighted by atomic mass is 10.00. The van der Waals surface area contributed by atoms with Gasteiger partial charge in [-0.3, -0.25) is 4.79 Å². The molecule has 6 nitrogen and oxygen atoms in total. The monoisotopic (exact) mass is 339 g/mol. The van der Waals surface area contributed by atoms with E-state index in [9.17, 15) is 4.79 Å². The van der Waals surface area contributed by atoms with Gasteiger partial charge in [-0.1, -0.05) is 32.0 Å². The first-order chi connectivity index (χ1) is 12.0. The first-order valence-electron chi connectivity index (χ1n) is 8.70. The van der Waals surface area contributed by atoms with Gasteiger partial charge in [0.15, 0.2) is 11.5 Å². The molecule has 0 spiro atoms. The van der Waals surface area contributed by atoms with Crippen LogP contribution in [-0.4, -0.2) is 53.7 Å². The lowest BCUT2D eigenvalue weighted by Crippen LogP contribution is -2.54. The summed E-state index contributed by atoms with van der Waals surface area (Å²) < 4.78 is 0. The predicted octanol–water partition coefficient (Wildman–Crippen LogP) is 2.51. The van der Waals surface area contributed by atoms with E-state index in [4.69, 9.17) is 0 Å². The molecule has 2 aromatic rings. The van der Waals surface area contributed by atoms with E-state index in [-0.39, 0.29) is 5.91 Å². The van der Waals surface area contributed by atoms with Crippen molar-refractivity contribution in [2.45, 2.75) is 19.9 Å². The molecule has 1 N–H and O–H groups in total. The van der Waals surface area contributed by atoms with Crippen LogP contribution in [0.15, 0.2) is 42.5 Å². The number of carbonyl (C=O) groups is 1. The Balaban J connectivity index is 1.72. The highest BCUT2D eigenvalue weighted by atomic mass is 16.1. The summed E-state index contributed by atoms with van der Waals surface area (Å²) in [5.74, 6) is 1.11. The van der Waals surface area contributed by atoms with E-state index in [0.29, 0.717) is 17.7 Å². The third-order valence-electron chi connectivity index (χ3n) is 4.60. The average Bonchev–Trinajstić information content (AvgIpc) is 2.62. The number of carbonyl (C=O) groups excluding carboxylic acids is 1. The van der Waals surface area contributed by atoms with Gasteiger partial charge in [-0.2, -0.15) is 0 Å². The lowest BCUT2D eigenvalue weighted by Gasteiger charge is -2.42. The Morgan fingerprint density at radius 1 is 1.12 bits per heavy atom. The number of nitrogens with one attached hydrogen (secondary N) is 1. The number of aromatic nitrogens is 2. The maximum Gasteiger partial charge on any atom is 0.276 e. The van der Waals surface area contributed by atoms with Crippen molar-refractivity contribution in [1.82, 2.24) is 15.1 Å². The molecule has 1 aliphatic heterocycles. The van der Waals surface area contributed by atoms with Crippen molar-refractivity contribution in [3.8, 4) is 0 Å². The average molecular weight is 339 g/mol. The van der Waals surface area contributed by atoms with Crippen LogP contribution < -0.4 is 10.2 Å². The highest BCUT2D eigenvalue weighted by Crippen LogP contribution is 2.22. The molecule has 0 radical (unpaired) electrons. The fourth-order valence-electron chi connectivity index (χ4n) is 3.12. The topological polar surface area (TPSA) is 61.4 Å². The first-order valence-corrected chi connectivity index (χ1v) is 8.70. The third kappa shape index (κ3) is 4.14. The maximum atomic E-state index is 12.3. The summed E-state index contributed by atoms with van der Waals surface area (Å²) in [5, 5.41) is 11.3. The number of likely N-dealkylation sites (N-methyl/N-ethyl adjacent to an activating group) is 1. The molecule has 1 unspecified atom stereocenters. The molecule has 2 heterocycles. The van der Waals surface area contributed by atoms with Crippen LogP contribution in [0.3, 0.4) is 0 Å². The van der Waals surface area contributed by atoms with Crippen molar-refractivity contribution in [2.24, 2.45) is 5.92 Å². The van der Waals surface area contributed by atoms with Gasteiger partial charge >= 0.3 is 0 Å². The summed E-state index contributed by atoms with van der Waals surface area (Å²) >= 11 is 0. The van der Waals surface area contributed by atoms with E-state index in [0.717, 1.165) is 31.1 Å². The fraction of sp³-hybridized carbons (Fsp3) is 0.421. The minimum atomic E-state index is -0.246. The number of nitrogens with zero attached hydrogens (tertiary/aromatic N) is 4. The summed E-state index contributed by atoms with van der Waals surface area (Å²) in [4.78, 5) is 16.9. The smallest absolute Gasteiger partial charge is 0.276 e. The zero-order valence-corrected chi connectivity index (χ0v) is 15.0. The van der Waals surface area contributed by atoms with Gasteiger partial charge in [0, 0.05) is 31.4 Å². The van der Waals surface area contributed by atoms with Gasteiger partial charge in [-0.05, 0) is 37.2 Å². The first kappa shape index (κ1) is 17.4. The van der Waals surface area contributed by atoms with Gasteiger partial charge in [0.1, 0.15) is 0 Å². The number of piperazine rings is 1. The lowest BCUT2D eigenvalue weighted by molar-refractivity contribution is 0.102. The Morgan fingerprint density at radius 2 is 1.88 bits per heavy atom. The van der Waals surface area contributed by atoms with E-state index in [1.165, 1.54) is 0 Å². The van der Waals surface area contributed by atoms with Crippen LogP contribution in [0.4, 0.5) is 11.5 Å². The normalized spacial score (nSPS) is 18.4. The molecular formula is C19H25N5O. The van der Waals surface area contributed by atoms with E-state index in [1.807, 2.05) is 36.4 Å². The van der Waals surface area contributed by atoms with Crippen molar-refractivity contribution in [1.29, 1.82) is 0 Å². The van der Waals surface area contributed by atoms with E-state index in [1.54, 1.807) is 6.07 Å². The van der Waals surface area contributed by atoms with Crippen molar-refractivity contribution in [2.75, 3.05) is 36.9 Å². The van der Waals surface area contributed by atoms with Gasteiger partial charge in [0.2, 0.25) is 0 Å². The molecule has 3 rings (SSSR count). The molecule has 0 aliphatic carbocycles. The molecule has 1 aromatic carbocycles. The molecule has 1 fully saturated rings. The van der Waals surface area contributed by atoms with Gasteiger partial charge in [0.05, 0.1) is 0 Å². The Labute approximate surface area is 148 Å². The molecule has 1 atom stereocenters. The molecule has 1 amide bonds. The zero-order valence-electron chi connectivity index (χ0n) is 15.0. The van der Waals surface area contributed by atoms with Gasteiger partial charge in [-0.15, -0.1) is 10.2 Å². The summed E-state index contributed by atoms with van der Waals surface area (Å²) in [6.45, 7) is 7.39. The van der Waals surface area contributed by atoms with Crippen LogP contribution in [0.2, 0.25) is 0 Å². The number of hydrogen-bond acceptors (Lipinski definition) is 5. The van der Waals surface area contributed by atoms with Gasteiger partial charge in [-0.25, -0.2) is 0 Å². The molecule has 6 heteroatoms. The standard InChI is InChI=1S/C19H25N5O/c1-14(2)17-13-23(3)11-12-24(17)18-10-9-16(21-22-18)19(25)20-15-7-5-4-6-8-15/h4-10,14,17H,11-13H2,1-3H3,(H,20,25). The molecule has 25 heavy (non-hydrogen) atoms. The van der Waals surface area contributed by atoms with E-state index >= 15 is 0 Å².